The molecule has 0 aliphatic carbocycles. The zero-order valence-electron chi connectivity index (χ0n) is 6.94. The molecule has 0 aliphatic heterocycles. The zero-order valence-corrected chi connectivity index (χ0v) is 7.76. The Hall–Kier alpha value is -0.0100. The molecular weight excluding hydrogens is 146 g/mol. The standard InChI is InChI=1S/C8H17N.ClH/c1-4-5-6-9-7-8(2)3;/h9H,2,4-7H2,1,3H3;1H. The van der Waals surface area contributed by atoms with Crippen LogP contribution in [-0.4, -0.2) is 13.1 Å². The van der Waals surface area contributed by atoms with E-state index >= 15 is 0 Å². The van der Waals surface area contributed by atoms with Gasteiger partial charge in [-0.2, -0.15) is 0 Å². The molecule has 1 nitrogen and oxygen atoms in total. The molecule has 0 atom stereocenters. The van der Waals surface area contributed by atoms with E-state index in [1.165, 1.54) is 18.4 Å². The molecule has 0 fully saturated rings. The normalized spacial score (nSPS) is 8.60. The molecule has 0 saturated heterocycles. The summed E-state index contributed by atoms with van der Waals surface area (Å²) in [7, 11) is 0. The topological polar surface area (TPSA) is 12.0 Å². The number of halogens is 1. The van der Waals surface area contributed by atoms with Crippen molar-refractivity contribution in [1.29, 1.82) is 0 Å². The minimum Gasteiger partial charge on any atom is -0.313 e. The Balaban J connectivity index is 0. The summed E-state index contributed by atoms with van der Waals surface area (Å²) in [5.41, 5.74) is 1.21. The minimum atomic E-state index is 0. The molecule has 0 spiro atoms. The molecule has 0 unspecified atom stereocenters. The molecule has 0 heterocycles. The first-order chi connectivity index (χ1) is 4.27. The third-order valence-electron chi connectivity index (χ3n) is 1.13. The molecule has 0 aromatic carbocycles. The van der Waals surface area contributed by atoms with Gasteiger partial charge in [-0.1, -0.05) is 25.5 Å². The molecule has 0 aromatic rings. The van der Waals surface area contributed by atoms with Crippen molar-refractivity contribution in [3.63, 3.8) is 0 Å². The highest BCUT2D eigenvalue weighted by Crippen LogP contribution is 1.85. The van der Waals surface area contributed by atoms with Gasteiger partial charge < -0.3 is 5.32 Å². The van der Waals surface area contributed by atoms with Gasteiger partial charge in [0.25, 0.3) is 0 Å². The Morgan fingerprint density at radius 3 is 2.50 bits per heavy atom. The van der Waals surface area contributed by atoms with E-state index < -0.39 is 0 Å². The minimum absolute atomic E-state index is 0. The number of hydrogen-bond donors (Lipinski definition) is 1. The Kier molecular flexibility index (Phi) is 11.4. The molecule has 62 valence electrons. The van der Waals surface area contributed by atoms with Crippen LogP contribution in [0.5, 0.6) is 0 Å². The summed E-state index contributed by atoms with van der Waals surface area (Å²) in [6.07, 6.45) is 2.54. The molecule has 0 aliphatic rings. The second kappa shape index (κ2) is 8.99. The van der Waals surface area contributed by atoms with E-state index in [9.17, 15) is 0 Å². The highest BCUT2D eigenvalue weighted by atomic mass is 35.5. The van der Waals surface area contributed by atoms with E-state index in [0.29, 0.717) is 0 Å². The maximum atomic E-state index is 3.79. The molecule has 1 N–H and O–H groups in total. The quantitative estimate of drug-likeness (QED) is 0.485. The molecule has 0 radical (unpaired) electrons. The van der Waals surface area contributed by atoms with Gasteiger partial charge in [-0.25, -0.2) is 0 Å². The van der Waals surface area contributed by atoms with Crippen molar-refractivity contribution in [3.8, 4) is 0 Å². The number of nitrogens with one attached hydrogen (secondary N) is 1. The third-order valence-corrected chi connectivity index (χ3v) is 1.13. The highest BCUT2D eigenvalue weighted by molar-refractivity contribution is 5.85. The van der Waals surface area contributed by atoms with Crippen molar-refractivity contribution in [1.82, 2.24) is 5.32 Å². The Bertz CT molecular complexity index is 81.3. The summed E-state index contributed by atoms with van der Waals surface area (Å²) < 4.78 is 0. The van der Waals surface area contributed by atoms with Crippen LogP contribution in [0.3, 0.4) is 0 Å². The maximum absolute atomic E-state index is 3.79. The fraction of sp³-hybridized carbons (Fsp3) is 0.750. The lowest BCUT2D eigenvalue weighted by Gasteiger charge is -2.00. The van der Waals surface area contributed by atoms with Gasteiger partial charge in [0.15, 0.2) is 0 Å². The number of rotatable bonds is 5. The van der Waals surface area contributed by atoms with Crippen molar-refractivity contribution in [2.24, 2.45) is 0 Å². The van der Waals surface area contributed by atoms with E-state index in [2.05, 4.69) is 18.8 Å². The second-order valence-electron chi connectivity index (χ2n) is 2.49. The van der Waals surface area contributed by atoms with Crippen LogP contribution in [-0.2, 0) is 0 Å². The highest BCUT2D eigenvalue weighted by Gasteiger charge is 1.84. The smallest absolute Gasteiger partial charge is 0.0159 e. The molecule has 0 bridgehead atoms. The summed E-state index contributed by atoms with van der Waals surface area (Å²) in [6.45, 7) is 10.1. The van der Waals surface area contributed by atoms with Gasteiger partial charge in [0.05, 0.1) is 0 Å². The molecule has 0 rings (SSSR count). The molecule has 0 amide bonds. The van der Waals surface area contributed by atoms with Crippen LogP contribution in [0.1, 0.15) is 26.7 Å². The van der Waals surface area contributed by atoms with Crippen molar-refractivity contribution in [2.75, 3.05) is 13.1 Å². The van der Waals surface area contributed by atoms with Gasteiger partial charge in [0.2, 0.25) is 0 Å². The molecule has 0 aromatic heterocycles. The van der Waals surface area contributed by atoms with E-state index in [4.69, 9.17) is 0 Å². The van der Waals surface area contributed by atoms with Crippen LogP contribution >= 0.6 is 12.4 Å². The van der Waals surface area contributed by atoms with Crippen LogP contribution in [0.15, 0.2) is 12.2 Å². The first kappa shape index (κ1) is 12.6. The first-order valence-electron chi connectivity index (χ1n) is 3.62. The molecule has 0 saturated carbocycles. The summed E-state index contributed by atoms with van der Waals surface area (Å²) in [4.78, 5) is 0. The van der Waals surface area contributed by atoms with Gasteiger partial charge >= 0.3 is 0 Å². The summed E-state index contributed by atoms with van der Waals surface area (Å²) >= 11 is 0. The van der Waals surface area contributed by atoms with Gasteiger partial charge in [-0.05, 0) is 19.9 Å². The zero-order chi connectivity index (χ0) is 7.11. The predicted molar refractivity (Wildman–Crippen MR) is 49.8 cm³/mol. The molecule has 2 heteroatoms. The van der Waals surface area contributed by atoms with E-state index in [1.54, 1.807) is 0 Å². The van der Waals surface area contributed by atoms with Gasteiger partial charge in [-0.15, -0.1) is 12.4 Å². The van der Waals surface area contributed by atoms with E-state index in [1.807, 2.05) is 6.92 Å². The first-order valence-corrected chi connectivity index (χ1v) is 3.62. The number of hydrogen-bond acceptors (Lipinski definition) is 1. The Labute approximate surface area is 70.3 Å². The molecular formula is C8H18ClN. The lowest BCUT2D eigenvalue weighted by Crippen LogP contribution is -2.16. The summed E-state index contributed by atoms with van der Waals surface area (Å²) in [5.74, 6) is 0. The lowest BCUT2D eigenvalue weighted by molar-refractivity contribution is 0.672. The lowest BCUT2D eigenvalue weighted by atomic mass is 10.3. The van der Waals surface area contributed by atoms with E-state index in [-0.39, 0.29) is 12.4 Å². The summed E-state index contributed by atoms with van der Waals surface area (Å²) in [5, 5.41) is 3.29. The fourth-order valence-corrected chi connectivity index (χ4v) is 0.604. The maximum Gasteiger partial charge on any atom is 0.0159 e. The Morgan fingerprint density at radius 1 is 1.50 bits per heavy atom. The monoisotopic (exact) mass is 163 g/mol. The van der Waals surface area contributed by atoms with Crippen molar-refractivity contribution >= 4 is 12.4 Å². The van der Waals surface area contributed by atoms with Crippen LogP contribution in [0.2, 0.25) is 0 Å². The molecule has 10 heavy (non-hydrogen) atoms. The Morgan fingerprint density at radius 2 is 2.10 bits per heavy atom. The van der Waals surface area contributed by atoms with Crippen LogP contribution < -0.4 is 5.32 Å². The summed E-state index contributed by atoms with van der Waals surface area (Å²) in [6, 6.07) is 0. The SMILES string of the molecule is C=C(C)CNCCCC.Cl. The second-order valence-corrected chi connectivity index (χ2v) is 2.49. The van der Waals surface area contributed by atoms with Gasteiger partial charge in [0.1, 0.15) is 0 Å². The van der Waals surface area contributed by atoms with Crippen LogP contribution in [0, 0.1) is 0 Å². The van der Waals surface area contributed by atoms with Crippen molar-refractivity contribution < 1.29 is 0 Å². The predicted octanol–water partition coefficient (Wildman–Crippen LogP) is 2.37. The van der Waals surface area contributed by atoms with Crippen molar-refractivity contribution in [2.45, 2.75) is 26.7 Å². The fourth-order valence-electron chi connectivity index (χ4n) is 0.604. The van der Waals surface area contributed by atoms with Crippen LogP contribution in [0.25, 0.3) is 0 Å². The third kappa shape index (κ3) is 10.9. The van der Waals surface area contributed by atoms with Crippen molar-refractivity contribution in [3.05, 3.63) is 12.2 Å². The van der Waals surface area contributed by atoms with Gasteiger partial charge in [0, 0.05) is 6.54 Å². The van der Waals surface area contributed by atoms with Gasteiger partial charge in [-0.3, -0.25) is 0 Å². The average Bonchev–Trinajstić information content (AvgIpc) is 1.80. The van der Waals surface area contributed by atoms with E-state index in [0.717, 1.165) is 13.1 Å². The largest absolute Gasteiger partial charge is 0.313 e. The average molecular weight is 164 g/mol. The van der Waals surface area contributed by atoms with Crippen LogP contribution in [0.4, 0.5) is 0 Å². The number of unbranched alkanes of at least 4 members (excludes halogenated alkanes) is 1.